The van der Waals surface area contributed by atoms with Gasteiger partial charge >= 0.3 is 39.5 Å². The van der Waals surface area contributed by atoms with Crippen LogP contribution in [0.15, 0.2) is 0 Å². The summed E-state index contributed by atoms with van der Waals surface area (Å²) in [5.74, 6) is 0.298. The van der Waals surface area contributed by atoms with Crippen LogP contribution in [0, 0.1) is 17.8 Å². The molecule has 0 heterocycles. The van der Waals surface area contributed by atoms with Crippen molar-refractivity contribution in [3.8, 4) is 0 Å². The molecule has 19 heteroatoms. The molecular formula is C93H182O17P2. The van der Waals surface area contributed by atoms with Crippen LogP contribution in [-0.2, 0) is 65.4 Å². The van der Waals surface area contributed by atoms with E-state index >= 15 is 0 Å². The number of hydrogen-bond donors (Lipinski definition) is 3. The fourth-order valence-electron chi connectivity index (χ4n) is 14.6. The van der Waals surface area contributed by atoms with Crippen molar-refractivity contribution in [3.05, 3.63) is 0 Å². The number of carbonyl (C=O) groups is 4. The van der Waals surface area contributed by atoms with E-state index in [0.717, 1.165) is 108 Å². The van der Waals surface area contributed by atoms with Gasteiger partial charge in [0.2, 0.25) is 0 Å². The van der Waals surface area contributed by atoms with Gasteiger partial charge in [-0.15, -0.1) is 0 Å². The molecule has 0 aliphatic rings. The second kappa shape index (κ2) is 82.7. The molecule has 0 aromatic heterocycles. The van der Waals surface area contributed by atoms with Gasteiger partial charge in [-0.1, -0.05) is 447 Å². The first kappa shape index (κ1) is 110. The maximum Gasteiger partial charge on any atom is 0.472 e. The molecule has 0 saturated heterocycles. The second-order valence-corrected chi connectivity index (χ2v) is 37.5. The van der Waals surface area contributed by atoms with E-state index in [9.17, 15) is 43.2 Å². The summed E-state index contributed by atoms with van der Waals surface area (Å²) in [4.78, 5) is 73.5. The number of ether oxygens (including phenoxy) is 4. The molecule has 0 aromatic carbocycles. The standard InChI is InChI=1S/C93H182O17P2/c1-8-10-11-12-13-14-15-16-17-18-19-20-21-22-27-30-36-41-46-55-62-69-76-92(97)109-88(80-103-90(95)74-67-60-53-45-40-35-29-26-24-23-25-28-33-38-43-50-57-64-71-84(3)4)82-107-111(99,100)105-78-87(94)79-106-112(101,102)108-83-89(81-104-91(96)75-68-61-54-49-48-52-59-66-73-86(7)9-2)110-93(98)77-70-63-56-47-42-37-32-31-34-39-44-51-58-65-72-85(5)6/h84-89,94H,8-83H2,1-7H3,(H,99,100)(H,101,102)/t86?,87-,88-,89-/m1/s1. The van der Waals surface area contributed by atoms with Gasteiger partial charge in [0.15, 0.2) is 12.2 Å². The molecule has 3 unspecified atom stereocenters. The Bertz CT molecular complexity index is 2150. The van der Waals surface area contributed by atoms with Crippen molar-refractivity contribution >= 4 is 39.5 Å². The minimum absolute atomic E-state index is 0.107. The van der Waals surface area contributed by atoms with Gasteiger partial charge in [0.1, 0.15) is 19.3 Å². The van der Waals surface area contributed by atoms with Gasteiger partial charge in [-0.3, -0.25) is 37.3 Å². The van der Waals surface area contributed by atoms with Crippen LogP contribution in [0.2, 0.25) is 0 Å². The molecule has 3 N–H and O–H groups in total. The largest absolute Gasteiger partial charge is 0.472 e. The lowest BCUT2D eigenvalue weighted by Gasteiger charge is -2.21. The van der Waals surface area contributed by atoms with Crippen LogP contribution in [0.25, 0.3) is 0 Å². The molecule has 0 aromatic rings. The van der Waals surface area contributed by atoms with E-state index in [2.05, 4.69) is 48.5 Å². The monoisotopic (exact) mass is 1630 g/mol. The zero-order valence-corrected chi connectivity index (χ0v) is 75.9. The quantitative estimate of drug-likeness (QED) is 0.0222. The van der Waals surface area contributed by atoms with E-state index < -0.39 is 97.5 Å². The number of esters is 4. The molecule has 666 valence electrons. The number of hydrogen-bond acceptors (Lipinski definition) is 15. The Morgan fingerprint density at radius 1 is 0.259 bits per heavy atom. The van der Waals surface area contributed by atoms with Crippen LogP contribution >= 0.6 is 15.6 Å². The van der Waals surface area contributed by atoms with Gasteiger partial charge < -0.3 is 33.8 Å². The number of carbonyl (C=O) groups excluding carboxylic acids is 4. The van der Waals surface area contributed by atoms with Crippen LogP contribution in [0.4, 0.5) is 0 Å². The fraction of sp³-hybridized carbons (Fsp3) is 0.957. The van der Waals surface area contributed by atoms with Gasteiger partial charge in [0.25, 0.3) is 0 Å². The lowest BCUT2D eigenvalue weighted by molar-refractivity contribution is -0.161. The van der Waals surface area contributed by atoms with Crippen LogP contribution in [0.3, 0.4) is 0 Å². The normalized spacial score (nSPS) is 14.0. The number of unbranched alkanes of at least 4 members (excludes halogenated alkanes) is 58. The molecule has 0 aliphatic carbocycles. The smallest absolute Gasteiger partial charge is 0.462 e. The minimum atomic E-state index is -4.97. The third-order valence-corrected chi connectivity index (χ3v) is 24.1. The summed E-state index contributed by atoms with van der Waals surface area (Å²) in [7, 11) is -9.94. The van der Waals surface area contributed by atoms with Gasteiger partial charge in [-0.05, 0) is 43.4 Å². The summed E-state index contributed by atoms with van der Waals surface area (Å²) in [5, 5.41) is 10.7. The van der Waals surface area contributed by atoms with Crippen molar-refractivity contribution in [2.24, 2.45) is 17.8 Å². The van der Waals surface area contributed by atoms with Gasteiger partial charge in [0, 0.05) is 25.7 Å². The first-order valence-corrected chi connectivity index (χ1v) is 50.9. The molecule has 0 spiro atoms. The minimum Gasteiger partial charge on any atom is -0.462 e. The van der Waals surface area contributed by atoms with Crippen LogP contribution in [-0.4, -0.2) is 96.7 Å². The van der Waals surface area contributed by atoms with E-state index in [4.69, 9.17) is 37.0 Å². The maximum atomic E-state index is 13.2. The highest BCUT2D eigenvalue weighted by molar-refractivity contribution is 7.47. The van der Waals surface area contributed by atoms with E-state index in [1.165, 1.54) is 308 Å². The van der Waals surface area contributed by atoms with Crippen molar-refractivity contribution in [1.82, 2.24) is 0 Å². The molecule has 0 radical (unpaired) electrons. The lowest BCUT2D eigenvalue weighted by atomic mass is 9.99. The highest BCUT2D eigenvalue weighted by Gasteiger charge is 2.31. The second-order valence-electron chi connectivity index (χ2n) is 34.6. The third-order valence-electron chi connectivity index (χ3n) is 22.2. The van der Waals surface area contributed by atoms with Crippen molar-refractivity contribution in [3.63, 3.8) is 0 Å². The van der Waals surface area contributed by atoms with Crippen molar-refractivity contribution in [2.45, 2.75) is 516 Å². The van der Waals surface area contributed by atoms with Crippen molar-refractivity contribution in [1.29, 1.82) is 0 Å². The molecule has 17 nitrogen and oxygen atoms in total. The van der Waals surface area contributed by atoms with Crippen LogP contribution < -0.4 is 0 Å². The number of phosphoric ester groups is 2. The highest BCUT2D eigenvalue weighted by atomic mass is 31.2. The Labute approximate surface area is 689 Å². The van der Waals surface area contributed by atoms with Crippen LogP contribution in [0.5, 0.6) is 0 Å². The molecule has 0 bridgehead atoms. The average molecular weight is 1630 g/mol. The molecule has 0 aliphatic heterocycles. The summed E-state index contributed by atoms with van der Waals surface area (Å²) in [5.41, 5.74) is 0. The Morgan fingerprint density at radius 2 is 0.455 bits per heavy atom. The zero-order valence-electron chi connectivity index (χ0n) is 74.2. The zero-order chi connectivity index (χ0) is 82.2. The van der Waals surface area contributed by atoms with E-state index in [1.54, 1.807) is 0 Å². The van der Waals surface area contributed by atoms with E-state index in [1.807, 2.05) is 0 Å². The van der Waals surface area contributed by atoms with Gasteiger partial charge in [0.05, 0.1) is 26.4 Å². The Balaban J connectivity index is 5.24. The lowest BCUT2D eigenvalue weighted by Crippen LogP contribution is -2.30. The summed E-state index contributed by atoms with van der Waals surface area (Å²) < 4.78 is 69.1. The van der Waals surface area contributed by atoms with Gasteiger partial charge in [-0.2, -0.15) is 0 Å². The van der Waals surface area contributed by atoms with Crippen molar-refractivity contribution < 1.29 is 80.2 Å². The Kier molecular flexibility index (Phi) is 81.3. The molecule has 0 rings (SSSR count). The number of phosphoric acid groups is 2. The third kappa shape index (κ3) is 84.5. The summed E-state index contributed by atoms with van der Waals surface area (Å²) in [6, 6.07) is 0. The molecule has 0 amide bonds. The first-order valence-electron chi connectivity index (χ1n) is 47.9. The number of rotatable bonds is 91. The molecule has 0 saturated carbocycles. The van der Waals surface area contributed by atoms with E-state index in [0.29, 0.717) is 25.7 Å². The molecule has 0 fully saturated rings. The topological polar surface area (TPSA) is 237 Å². The average Bonchev–Trinajstić information content (AvgIpc) is 0.898. The van der Waals surface area contributed by atoms with Gasteiger partial charge in [-0.25, -0.2) is 9.13 Å². The van der Waals surface area contributed by atoms with E-state index in [-0.39, 0.29) is 25.7 Å². The molecule has 112 heavy (non-hydrogen) atoms. The first-order chi connectivity index (χ1) is 54.3. The predicted molar refractivity (Wildman–Crippen MR) is 465 cm³/mol. The maximum absolute atomic E-state index is 13.2. The number of aliphatic hydroxyl groups is 1. The van der Waals surface area contributed by atoms with Crippen LogP contribution in [0.1, 0.15) is 498 Å². The summed E-state index contributed by atoms with van der Waals surface area (Å²) in [6.07, 6.45) is 76.5. The summed E-state index contributed by atoms with van der Waals surface area (Å²) >= 11 is 0. The summed E-state index contributed by atoms with van der Waals surface area (Å²) in [6.45, 7) is 12.1. The SMILES string of the molecule is CCCCCCCCCCCCCCCCCCCCCCCCC(=O)O[C@H](COC(=O)CCCCCCCCCCCCCCCCCCCCC(C)C)COP(=O)(O)OC[C@@H](O)COP(=O)(O)OC[C@@H](COC(=O)CCCCCCCCCCC(C)CC)OC(=O)CCCCCCCCCCCCCCCCC(C)C. The molecular weight excluding hydrogens is 1450 g/mol. The predicted octanol–water partition coefficient (Wildman–Crippen LogP) is 28.8. The fourth-order valence-corrected chi connectivity index (χ4v) is 16.2. The number of aliphatic hydroxyl groups excluding tert-OH is 1. The molecule has 6 atom stereocenters. The Hall–Kier alpha value is -1.94. The highest BCUT2D eigenvalue weighted by Crippen LogP contribution is 2.45. The van der Waals surface area contributed by atoms with Crippen molar-refractivity contribution in [2.75, 3.05) is 39.6 Å². The Morgan fingerprint density at radius 3 is 0.679 bits per heavy atom.